The fraction of sp³-hybridized carbons (Fsp3) is 0.0606. The SMILES string of the molecule is CC1(C)c2ccccc2-c2c(N(c3ccc(-c4ccc5c(c4)oc4ccccc45)cc3)c3cccc4c3-c3ccccc3C43c4ccc5ccccc5c4Oc4c3ccc3ccccc43)cccc21. The summed E-state index contributed by atoms with van der Waals surface area (Å²) in [7, 11) is 0. The minimum Gasteiger partial charge on any atom is -0.456 e. The second-order valence-electron chi connectivity index (χ2n) is 19.5. The molecule has 0 saturated carbocycles. The Morgan fingerprint density at radius 1 is 0.362 bits per heavy atom. The molecular formula is C66H43NO2. The summed E-state index contributed by atoms with van der Waals surface area (Å²) < 4.78 is 13.7. The number of para-hydroxylation sites is 1. The van der Waals surface area contributed by atoms with Gasteiger partial charge < -0.3 is 14.1 Å². The van der Waals surface area contributed by atoms with Crippen LogP contribution in [0.2, 0.25) is 0 Å². The van der Waals surface area contributed by atoms with Crippen molar-refractivity contribution in [3.63, 3.8) is 0 Å². The summed E-state index contributed by atoms with van der Waals surface area (Å²) in [4.78, 5) is 2.54. The molecule has 2 aliphatic carbocycles. The summed E-state index contributed by atoms with van der Waals surface area (Å²) in [6.07, 6.45) is 0. The molecule has 11 aromatic carbocycles. The predicted octanol–water partition coefficient (Wildman–Crippen LogP) is 17.8. The van der Waals surface area contributed by atoms with E-state index in [1.807, 2.05) is 12.1 Å². The van der Waals surface area contributed by atoms with Gasteiger partial charge in [-0.15, -0.1) is 0 Å². The van der Waals surface area contributed by atoms with E-state index >= 15 is 0 Å². The predicted molar refractivity (Wildman–Crippen MR) is 284 cm³/mol. The van der Waals surface area contributed by atoms with Crippen molar-refractivity contribution in [1.29, 1.82) is 0 Å². The van der Waals surface area contributed by atoms with Gasteiger partial charge in [0.15, 0.2) is 0 Å². The van der Waals surface area contributed by atoms with Gasteiger partial charge in [-0.3, -0.25) is 0 Å². The number of benzene rings is 11. The highest BCUT2D eigenvalue weighted by atomic mass is 16.5. The third-order valence-electron chi connectivity index (χ3n) is 15.7. The summed E-state index contributed by atoms with van der Waals surface area (Å²) in [5.41, 5.74) is 19.0. The lowest BCUT2D eigenvalue weighted by atomic mass is 9.65. The van der Waals surface area contributed by atoms with Gasteiger partial charge in [0.1, 0.15) is 22.7 Å². The van der Waals surface area contributed by atoms with Gasteiger partial charge in [0.2, 0.25) is 0 Å². The molecule has 15 rings (SSSR count). The Morgan fingerprint density at radius 2 is 0.884 bits per heavy atom. The average molecular weight is 882 g/mol. The average Bonchev–Trinajstić information content (AvgIpc) is 4.00. The van der Waals surface area contributed by atoms with Gasteiger partial charge in [0, 0.05) is 54.9 Å². The van der Waals surface area contributed by atoms with E-state index in [1.165, 1.54) is 44.5 Å². The van der Waals surface area contributed by atoms with Crippen LogP contribution in [0.25, 0.3) is 76.9 Å². The van der Waals surface area contributed by atoms with Gasteiger partial charge in [-0.2, -0.15) is 0 Å². The lowest BCUT2D eigenvalue weighted by Crippen LogP contribution is -2.32. The Bertz CT molecular complexity index is 4070. The smallest absolute Gasteiger partial charge is 0.140 e. The van der Waals surface area contributed by atoms with Crippen LogP contribution in [0.4, 0.5) is 17.1 Å². The Balaban J connectivity index is 1.01. The van der Waals surface area contributed by atoms with Crippen molar-refractivity contribution in [3.05, 3.63) is 258 Å². The molecule has 3 nitrogen and oxygen atoms in total. The van der Waals surface area contributed by atoms with Crippen molar-refractivity contribution in [2.75, 3.05) is 4.90 Å². The number of hydrogen-bond acceptors (Lipinski definition) is 3. The van der Waals surface area contributed by atoms with Crippen LogP contribution in [-0.4, -0.2) is 0 Å². The Kier molecular flexibility index (Phi) is 7.77. The summed E-state index contributed by atoms with van der Waals surface area (Å²) >= 11 is 0. The van der Waals surface area contributed by atoms with Gasteiger partial charge in [-0.25, -0.2) is 0 Å². The number of anilines is 3. The molecule has 2 heterocycles. The molecule has 12 aromatic rings. The van der Waals surface area contributed by atoms with Crippen molar-refractivity contribution in [2.24, 2.45) is 0 Å². The molecule has 0 bridgehead atoms. The maximum absolute atomic E-state index is 7.31. The van der Waals surface area contributed by atoms with E-state index in [0.29, 0.717) is 0 Å². The Morgan fingerprint density at radius 3 is 1.58 bits per heavy atom. The van der Waals surface area contributed by atoms with E-state index in [4.69, 9.17) is 9.15 Å². The van der Waals surface area contributed by atoms with E-state index < -0.39 is 5.41 Å². The van der Waals surface area contributed by atoms with E-state index in [2.05, 4.69) is 231 Å². The zero-order valence-corrected chi connectivity index (χ0v) is 38.1. The van der Waals surface area contributed by atoms with Crippen LogP contribution in [0, 0.1) is 0 Å². The molecule has 1 aliphatic heterocycles. The van der Waals surface area contributed by atoms with Crippen molar-refractivity contribution in [1.82, 2.24) is 0 Å². The van der Waals surface area contributed by atoms with Crippen LogP contribution in [0.5, 0.6) is 11.5 Å². The van der Waals surface area contributed by atoms with E-state index in [9.17, 15) is 0 Å². The normalized spacial score (nSPS) is 14.3. The largest absolute Gasteiger partial charge is 0.456 e. The second kappa shape index (κ2) is 13.9. The second-order valence-corrected chi connectivity index (χ2v) is 19.5. The first-order chi connectivity index (χ1) is 34.0. The molecule has 69 heavy (non-hydrogen) atoms. The number of furan rings is 1. The summed E-state index contributed by atoms with van der Waals surface area (Å²) in [5.74, 6) is 1.83. The highest BCUT2D eigenvalue weighted by Gasteiger charge is 2.53. The maximum atomic E-state index is 7.31. The molecule has 324 valence electrons. The molecule has 0 atom stereocenters. The summed E-state index contributed by atoms with van der Waals surface area (Å²) in [6.45, 7) is 4.74. The molecule has 0 unspecified atom stereocenters. The van der Waals surface area contributed by atoms with Crippen molar-refractivity contribution >= 4 is 60.5 Å². The lowest BCUT2D eigenvalue weighted by Gasteiger charge is -2.40. The van der Waals surface area contributed by atoms with Crippen LogP contribution in [-0.2, 0) is 10.8 Å². The van der Waals surface area contributed by atoms with Crippen LogP contribution >= 0.6 is 0 Å². The van der Waals surface area contributed by atoms with Gasteiger partial charge in [-0.05, 0) is 97.7 Å². The number of nitrogens with zero attached hydrogens (tertiary/aromatic N) is 1. The topological polar surface area (TPSA) is 25.6 Å². The number of hydrogen-bond donors (Lipinski definition) is 0. The first kappa shape index (κ1) is 38.4. The van der Waals surface area contributed by atoms with Crippen molar-refractivity contribution in [3.8, 4) is 44.9 Å². The van der Waals surface area contributed by atoms with Crippen molar-refractivity contribution < 1.29 is 9.15 Å². The Hall–Kier alpha value is -8.66. The quantitative estimate of drug-likeness (QED) is 0.176. The van der Waals surface area contributed by atoms with Gasteiger partial charge in [0.05, 0.1) is 16.8 Å². The first-order valence-corrected chi connectivity index (χ1v) is 24.0. The third-order valence-corrected chi connectivity index (χ3v) is 15.7. The maximum Gasteiger partial charge on any atom is 0.140 e. The fourth-order valence-corrected chi connectivity index (χ4v) is 12.7. The van der Waals surface area contributed by atoms with Crippen molar-refractivity contribution in [2.45, 2.75) is 24.7 Å². The highest BCUT2D eigenvalue weighted by molar-refractivity contribution is 6.07. The third kappa shape index (κ3) is 5.11. The standard InChI is InChI=1S/C66H43NO2/c1-65(2)51-22-10-7-20-49(51)61-53(65)24-13-26-57(61)67(44-34-29-40(30-35-44)43-31-36-48-47-19-9-12-28-59(47)68-60(48)39-43)58-27-14-25-54-62(58)50-21-8-11-23-52(50)66(54)55-37-32-41-15-3-5-17-45(41)63(55)69-64-46-18-6-4-16-42(46)33-38-56(64)66/h3-39H,1-2H3. The molecule has 3 aliphatic rings. The summed E-state index contributed by atoms with van der Waals surface area (Å²) in [6, 6.07) is 82.6. The minimum absolute atomic E-state index is 0.177. The fourth-order valence-electron chi connectivity index (χ4n) is 12.7. The number of fused-ring (bicyclic) bond motifs is 19. The lowest BCUT2D eigenvalue weighted by molar-refractivity contribution is 0.447. The molecule has 1 spiro atoms. The minimum atomic E-state index is -0.684. The molecule has 0 fully saturated rings. The zero-order valence-electron chi connectivity index (χ0n) is 38.1. The van der Waals surface area contributed by atoms with Gasteiger partial charge in [-0.1, -0.05) is 196 Å². The number of ether oxygens (including phenoxy) is 1. The first-order valence-electron chi connectivity index (χ1n) is 24.0. The summed E-state index contributed by atoms with van der Waals surface area (Å²) in [5, 5.41) is 6.80. The molecule has 3 heteroatoms. The molecule has 0 N–H and O–H groups in total. The monoisotopic (exact) mass is 881 g/mol. The highest BCUT2D eigenvalue weighted by Crippen LogP contribution is 2.66. The van der Waals surface area contributed by atoms with Crippen LogP contribution < -0.4 is 9.64 Å². The van der Waals surface area contributed by atoms with E-state index in [0.717, 1.165) is 94.3 Å². The van der Waals surface area contributed by atoms with Crippen LogP contribution in [0.3, 0.4) is 0 Å². The zero-order chi connectivity index (χ0) is 45.6. The molecular weight excluding hydrogens is 839 g/mol. The Labute approximate surface area is 400 Å². The molecule has 0 saturated heterocycles. The van der Waals surface area contributed by atoms with E-state index in [-0.39, 0.29) is 5.41 Å². The van der Waals surface area contributed by atoms with E-state index in [1.54, 1.807) is 0 Å². The van der Waals surface area contributed by atoms with Crippen LogP contribution in [0.15, 0.2) is 229 Å². The molecule has 0 amide bonds. The van der Waals surface area contributed by atoms with Gasteiger partial charge >= 0.3 is 0 Å². The molecule has 1 aromatic heterocycles. The number of rotatable bonds is 4. The molecule has 0 radical (unpaired) electrons. The van der Waals surface area contributed by atoms with Crippen LogP contribution in [0.1, 0.15) is 47.2 Å². The van der Waals surface area contributed by atoms with Gasteiger partial charge in [0.25, 0.3) is 0 Å².